The van der Waals surface area contributed by atoms with Gasteiger partial charge in [0.2, 0.25) is 5.95 Å². The Kier molecular flexibility index (Phi) is 5.76. The normalized spacial score (nSPS) is 25.9. The molecular formula is C26H32FN7O3S. The van der Waals surface area contributed by atoms with Crippen LogP contribution < -0.4 is 15.1 Å². The molecular weight excluding hydrogens is 509 g/mol. The number of nitrogens with one attached hydrogen (secondary N) is 1. The largest absolute Gasteiger partial charge is 0.387 e. The number of pyridine rings is 2. The Morgan fingerprint density at radius 1 is 1.11 bits per heavy atom. The Labute approximate surface area is 221 Å². The van der Waals surface area contributed by atoms with Crippen molar-refractivity contribution in [3.8, 4) is 0 Å². The molecule has 202 valence electrons. The van der Waals surface area contributed by atoms with E-state index in [1.54, 1.807) is 23.4 Å². The highest BCUT2D eigenvalue weighted by Gasteiger charge is 2.60. The smallest absolute Gasteiger partial charge is 0.227 e. The third kappa shape index (κ3) is 4.05. The van der Waals surface area contributed by atoms with E-state index in [9.17, 15) is 17.9 Å². The summed E-state index contributed by atoms with van der Waals surface area (Å²) < 4.78 is 38.4. The molecule has 10 nitrogen and oxygen atoms in total. The van der Waals surface area contributed by atoms with Gasteiger partial charge in [0.05, 0.1) is 17.9 Å². The molecule has 3 aromatic heterocycles. The highest BCUT2D eigenvalue weighted by Crippen LogP contribution is 2.45. The summed E-state index contributed by atoms with van der Waals surface area (Å²) in [6, 6.07) is 3.69. The van der Waals surface area contributed by atoms with E-state index in [0.29, 0.717) is 50.1 Å². The van der Waals surface area contributed by atoms with Gasteiger partial charge in [0.15, 0.2) is 9.84 Å². The number of alkyl halides is 1. The topological polar surface area (TPSA) is 124 Å². The number of aliphatic hydroxyl groups is 1. The van der Waals surface area contributed by atoms with Crippen molar-refractivity contribution >= 4 is 44.0 Å². The zero-order valence-corrected chi connectivity index (χ0v) is 22.5. The van der Waals surface area contributed by atoms with Gasteiger partial charge in [0.1, 0.15) is 28.4 Å². The number of hydrogen-bond donors (Lipinski definition) is 2. The molecule has 1 spiro atoms. The van der Waals surface area contributed by atoms with Gasteiger partial charge in [-0.05, 0) is 48.8 Å². The van der Waals surface area contributed by atoms with E-state index in [4.69, 9.17) is 4.98 Å². The fourth-order valence-electron chi connectivity index (χ4n) is 5.52. The number of nitrogens with zero attached hydrogens (tertiary/aromatic N) is 6. The van der Waals surface area contributed by atoms with Crippen molar-refractivity contribution in [3.05, 3.63) is 36.3 Å². The molecule has 6 rings (SSSR count). The molecule has 0 radical (unpaired) electrons. The SMILES string of the molecule is CC(C)c1cnc(N2CC3(CCS3(=O)=O)C2)c2cnc(Nc3ccnc(N4CCC(C)(O)C(F)C4)n3)cc12. The van der Waals surface area contributed by atoms with Crippen LogP contribution >= 0.6 is 0 Å². The van der Waals surface area contributed by atoms with Gasteiger partial charge in [-0.3, -0.25) is 0 Å². The standard InChI is InChI=1S/C26H32FN7O3S/c1-16(2)18-11-30-23(34-14-26(15-34)6-9-38(26,36)37)19-12-29-22(10-17(18)19)31-21-4-7-28-24(32-21)33-8-5-25(3,35)20(27)13-33/h4,7,10-12,16,20,35H,5-6,8-9,13-15H2,1-3H3,(H,28,29,31,32). The summed E-state index contributed by atoms with van der Waals surface area (Å²) >= 11 is 0. The van der Waals surface area contributed by atoms with E-state index in [0.717, 1.165) is 22.2 Å². The van der Waals surface area contributed by atoms with E-state index in [2.05, 4.69) is 34.1 Å². The summed E-state index contributed by atoms with van der Waals surface area (Å²) in [5.74, 6) is 2.75. The molecule has 38 heavy (non-hydrogen) atoms. The number of piperidine rings is 1. The quantitative estimate of drug-likeness (QED) is 0.498. The van der Waals surface area contributed by atoms with Gasteiger partial charge >= 0.3 is 0 Å². The molecule has 0 saturated carbocycles. The molecule has 0 aliphatic carbocycles. The van der Waals surface area contributed by atoms with Crippen LogP contribution in [0.4, 0.5) is 27.8 Å². The fourth-order valence-corrected chi connectivity index (χ4v) is 7.34. The minimum Gasteiger partial charge on any atom is -0.387 e. The van der Waals surface area contributed by atoms with Gasteiger partial charge < -0.3 is 20.2 Å². The van der Waals surface area contributed by atoms with Crippen LogP contribution in [0.25, 0.3) is 10.8 Å². The lowest BCUT2D eigenvalue weighted by Crippen LogP contribution is -2.72. The third-order valence-corrected chi connectivity index (χ3v) is 10.8. The van der Waals surface area contributed by atoms with E-state index in [1.165, 1.54) is 6.92 Å². The average molecular weight is 542 g/mol. The van der Waals surface area contributed by atoms with Crippen LogP contribution in [-0.2, 0) is 9.84 Å². The molecule has 3 aliphatic heterocycles. The van der Waals surface area contributed by atoms with Gasteiger partial charge in [-0.1, -0.05) is 13.8 Å². The second-order valence-corrected chi connectivity index (χ2v) is 13.8. The minimum absolute atomic E-state index is 0.0251. The van der Waals surface area contributed by atoms with E-state index < -0.39 is 26.4 Å². The van der Waals surface area contributed by atoms with Crippen LogP contribution in [0.15, 0.2) is 30.7 Å². The molecule has 12 heteroatoms. The Morgan fingerprint density at radius 2 is 1.89 bits per heavy atom. The van der Waals surface area contributed by atoms with Crippen LogP contribution in [0.3, 0.4) is 0 Å². The van der Waals surface area contributed by atoms with Crippen molar-refractivity contribution in [1.29, 1.82) is 0 Å². The number of fused-ring (bicyclic) bond motifs is 1. The first-order chi connectivity index (χ1) is 18.0. The molecule has 0 aromatic carbocycles. The molecule has 3 fully saturated rings. The van der Waals surface area contributed by atoms with Crippen LogP contribution in [-0.4, -0.2) is 81.9 Å². The van der Waals surface area contributed by atoms with Crippen molar-refractivity contribution in [2.24, 2.45) is 0 Å². The predicted octanol–water partition coefficient (Wildman–Crippen LogP) is 2.96. The number of sulfone groups is 1. The monoisotopic (exact) mass is 541 g/mol. The Morgan fingerprint density at radius 3 is 2.55 bits per heavy atom. The number of hydrogen-bond acceptors (Lipinski definition) is 10. The molecule has 2 atom stereocenters. The zero-order valence-electron chi connectivity index (χ0n) is 21.7. The van der Waals surface area contributed by atoms with Crippen LogP contribution in [0.1, 0.15) is 45.1 Å². The van der Waals surface area contributed by atoms with E-state index in [1.807, 2.05) is 17.2 Å². The summed E-state index contributed by atoms with van der Waals surface area (Å²) in [4.78, 5) is 22.0. The Hall–Kier alpha value is -3.12. The highest BCUT2D eigenvalue weighted by atomic mass is 32.2. The van der Waals surface area contributed by atoms with Crippen molar-refractivity contribution in [2.45, 2.75) is 56.1 Å². The van der Waals surface area contributed by atoms with Crippen LogP contribution in [0.2, 0.25) is 0 Å². The lowest BCUT2D eigenvalue weighted by Gasteiger charge is -2.55. The van der Waals surface area contributed by atoms with Crippen molar-refractivity contribution < 1.29 is 17.9 Å². The number of aromatic nitrogens is 4. The average Bonchev–Trinajstić information content (AvgIpc) is 2.84. The second kappa shape index (κ2) is 8.70. The molecule has 2 unspecified atom stereocenters. The molecule has 0 amide bonds. The molecule has 0 bridgehead atoms. The van der Waals surface area contributed by atoms with E-state index in [-0.39, 0.29) is 18.2 Å². The summed E-state index contributed by atoms with van der Waals surface area (Å²) in [6.07, 6.45) is 4.87. The molecule has 3 aromatic rings. The van der Waals surface area contributed by atoms with E-state index >= 15 is 0 Å². The zero-order chi connectivity index (χ0) is 26.9. The maximum absolute atomic E-state index is 14.4. The van der Waals surface area contributed by atoms with Crippen LogP contribution in [0.5, 0.6) is 0 Å². The first kappa shape index (κ1) is 25.2. The van der Waals surface area contributed by atoms with Gasteiger partial charge in [-0.25, -0.2) is 27.8 Å². The highest BCUT2D eigenvalue weighted by molar-refractivity contribution is 7.94. The van der Waals surface area contributed by atoms with Crippen molar-refractivity contribution in [2.75, 3.05) is 47.0 Å². The molecule has 3 saturated heterocycles. The first-order valence-corrected chi connectivity index (χ1v) is 14.6. The van der Waals surface area contributed by atoms with Gasteiger partial charge in [0, 0.05) is 43.6 Å². The fraction of sp³-hybridized carbons (Fsp3) is 0.538. The molecule has 2 N–H and O–H groups in total. The maximum atomic E-state index is 14.4. The second-order valence-electron chi connectivity index (χ2n) is 11.3. The molecule has 3 aliphatic rings. The lowest BCUT2D eigenvalue weighted by molar-refractivity contribution is -0.0332. The Balaban J connectivity index is 1.27. The van der Waals surface area contributed by atoms with Crippen LogP contribution in [0, 0.1) is 0 Å². The number of halogens is 1. The van der Waals surface area contributed by atoms with Crippen molar-refractivity contribution in [3.63, 3.8) is 0 Å². The number of rotatable bonds is 5. The minimum atomic E-state index is -3.01. The van der Waals surface area contributed by atoms with Gasteiger partial charge in [-0.15, -0.1) is 0 Å². The van der Waals surface area contributed by atoms with Gasteiger partial charge in [-0.2, -0.15) is 4.98 Å². The number of anilines is 4. The summed E-state index contributed by atoms with van der Waals surface area (Å²) in [6.45, 7) is 7.14. The summed E-state index contributed by atoms with van der Waals surface area (Å²) in [5.41, 5.74) is -0.273. The van der Waals surface area contributed by atoms with Crippen molar-refractivity contribution in [1.82, 2.24) is 19.9 Å². The summed E-state index contributed by atoms with van der Waals surface area (Å²) in [7, 11) is -3.01. The predicted molar refractivity (Wildman–Crippen MR) is 145 cm³/mol. The third-order valence-electron chi connectivity index (χ3n) is 8.27. The first-order valence-electron chi connectivity index (χ1n) is 13.0. The Bertz CT molecular complexity index is 1510. The maximum Gasteiger partial charge on any atom is 0.227 e. The lowest BCUT2D eigenvalue weighted by atomic mass is 9.92. The molecule has 6 heterocycles. The summed E-state index contributed by atoms with van der Waals surface area (Å²) in [5, 5.41) is 15.3. The van der Waals surface area contributed by atoms with Gasteiger partial charge in [0.25, 0.3) is 0 Å².